The summed E-state index contributed by atoms with van der Waals surface area (Å²) in [5.74, 6) is -0.990. The van der Waals surface area contributed by atoms with Crippen molar-refractivity contribution in [2.75, 3.05) is 24.7 Å². The number of carboxylic acid groups (broad SMARTS) is 1. The summed E-state index contributed by atoms with van der Waals surface area (Å²) in [5.41, 5.74) is 0. The Kier molecular flexibility index (Phi) is 4.32. The maximum Gasteiger partial charge on any atom is 0.341 e. The molecule has 0 spiro atoms. The smallest absolute Gasteiger partial charge is 0.341 e. The van der Waals surface area contributed by atoms with Crippen molar-refractivity contribution in [1.29, 1.82) is 0 Å². The van der Waals surface area contributed by atoms with E-state index in [2.05, 4.69) is 9.71 Å². The van der Waals surface area contributed by atoms with Crippen LogP contribution in [-0.4, -0.2) is 44.5 Å². The Morgan fingerprint density at radius 2 is 2.17 bits per heavy atom. The van der Waals surface area contributed by atoms with Crippen LogP contribution >= 0.6 is 0 Å². The van der Waals surface area contributed by atoms with E-state index in [1.54, 1.807) is 0 Å². The zero-order valence-electron chi connectivity index (χ0n) is 9.71. The minimum Gasteiger partial charge on any atom is -0.479 e. The molecule has 8 nitrogen and oxygen atoms in total. The molecule has 0 unspecified atom stereocenters. The first-order chi connectivity index (χ1) is 8.31. The van der Waals surface area contributed by atoms with Crippen molar-refractivity contribution in [2.45, 2.75) is 0 Å². The van der Waals surface area contributed by atoms with Gasteiger partial charge in [-0.1, -0.05) is 0 Å². The molecule has 0 bridgehead atoms. The number of sulfonamides is 1. The second-order valence-corrected chi connectivity index (χ2v) is 5.01. The number of methoxy groups -OCH3 is 1. The van der Waals surface area contributed by atoms with Gasteiger partial charge in [0.2, 0.25) is 10.0 Å². The highest BCUT2D eigenvalue weighted by molar-refractivity contribution is 7.92. The first-order valence-corrected chi connectivity index (χ1v) is 6.58. The van der Waals surface area contributed by atoms with Crippen molar-refractivity contribution < 1.29 is 27.8 Å². The number of aliphatic carboxylic acids is 1. The molecule has 0 amide bonds. The fourth-order valence-electron chi connectivity index (χ4n) is 1.07. The number of carboxylic acids is 1. The van der Waals surface area contributed by atoms with Gasteiger partial charge in [0.05, 0.1) is 13.4 Å². The first-order valence-electron chi connectivity index (χ1n) is 4.69. The summed E-state index contributed by atoms with van der Waals surface area (Å²) in [6.07, 6.45) is 0.982. The third kappa shape index (κ3) is 4.45. The number of anilines is 1. The van der Waals surface area contributed by atoms with Crippen molar-refractivity contribution in [1.82, 2.24) is 4.98 Å². The maximum atomic E-state index is 11.0. The number of carbonyl (C=O) groups is 1. The van der Waals surface area contributed by atoms with E-state index < -0.39 is 22.6 Å². The minimum absolute atomic E-state index is 0.00935. The first kappa shape index (κ1) is 14.0. The van der Waals surface area contributed by atoms with Crippen LogP contribution in [0.15, 0.2) is 12.1 Å². The van der Waals surface area contributed by atoms with Gasteiger partial charge in [0.25, 0.3) is 5.88 Å². The second kappa shape index (κ2) is 5.54. The van der Waals surface area contributed by atoms with Gasteiger partial charge in [-0.15, -0.1) is 0 Å². The number of hydrogen-bond acceptors (Lipinski definition) is 6. The largest absolute Gasteiger partial charge is 0.479 e. The van der Waals surface area contributed by atoms with E-state index in [9.17, 15) is 13.2 Å². The van der Waals surface area contributed by atoms with Crippen molar-refractivity contribution in [2.24, 2.45) is 0 Å². The van der Waals surface area contributed by atoms with E-state index in [1.165, 1.54) is 19.2 Å². The fourth-order valence-corrected chi connectivity index (χ4v) is 1.56. The summed E-state index contributed by atoms with van der Waals surface area (Å²) in [4.78, 5) is 14.2. The van der Waals surface area contributed by atoms with Crippen LogP contribution in [0.4, 0.5) is 5.82 Å². The van der Waals surface area contributed by atoms with Crippen molar-refractivity contribution in [3.63, 3.8) is 0 Å². The van der Waals surface area contributed by atoms with Crippen LogP contribution in [-0.2, 0) is 14.8 Å². The molecule has 0 aliphatic heterocycles. The van der Waals surface area contributed by atoms with E-state index in [-0.39, 0.29) is 17.4 Å². The summed E-state index contributed by atoms with van der Waals surface area (Å²) < 4.78 is 33.9. The van der Waals surface area contributed by atoms with Crippen molar-refractivity contribution in [3.05, 3.63) is 12.1 Å². The van der Waals surface area contributed by atoms with Crippen LogP contribution < -0.4 is 14.2 Å². The molecule has 0 saturated carbocycles. The highest BCUT2D eigenvalue weighted by Gasteiger charge is 2.11. The SMILES string of the molecule is COc1nc(NS(C)(=O)=O)ccc1OCC(=O)O. The molecule has 1 rings (SSSR count). The Morgan fingerprint density at radius 3 is 2.67 bits per heavy atom. The van der Waals surface area contributed by atoms with Gasteiger partial charge in [-0.05, 0) is 12.1 Å². The molecule has 0 radical (unpaired) electrons. The number of ether oxygens (including phenoxy) is 2. The summed E-state index contributed by atoms with van der Waals surface area (Å²) >= 11 is 0. The van der Waals surface area contributed by atoms with Crippen LogP contribution in [0.2, 0.25) is 0 Å². The van der Waals surface area contributed by atoms with E-state index >= 15 is 0 Å². The highest BCUT2D eigenvalue weighted by Crippen LogP contribution is 2.26. The lowest BCUT2D eigenvalue weighted by atomic mass is 10.4. The third-order valence-electron chi connectivity index (χ3n) is 1.66. The molecule has 18 heavy (non-hydrogen) atoms. The molecule has 1 heterocycles. The van der Waals surface area contributed by atoms with Gasteiger partial charge >= 0.3 is 5.97 Å². The molecule has 9 heteroatoms. The van der Waals surface area contributed by atoms with E-state index in [0.717, 1.165) is 6.26 Å². The molecule has 0 aliphatic carbocycles. The Balaban J connectivity index is 2.92. The van der Waals surface area contributed by atoms with Crippen molar-refractivity contribution >= 4 is 21.8 Å². The predicted molar refractivity (Wildman–Crippen MR) is 62.4 cm³/mol. The summed E-state index contributed by atoms with van der Waals surface area (Å²) in [5, 5.41) is 8.47. The zero-order valence-corrected chi connectivity index (χ0v) is 10.5. The molecule has 1 aromatic rings. The van der Waals surface area contributed by atoms with E-state index in [1.807, 2.05) is 0 Å². The lowest BCUT2D eigenvalue weighted by molar-refractivity contribution is -0.139. The molecule has 0 aromatic carbocycles. The molecular weight excluding hydrogens is 264 g/mol. The molecule has 0 atom stereocenters. The molecule has 0 aliphatic rings. The number of hydrogen-bond donors (Lipinski definition) is 2. The Labute approximate surface area is 104 Å². The number of nitrogens with one attached hydrogen (secondary N) is 1. The van der Waals surface area contributed by atoms with Crippen molar-refractivity contribution in [3.8, 4) is 11.6 Å². The maximum absolute atomic E-state index is 11.0. The Hall–Kier alpha value is -2.03. The lowest BCUT2D eigenvalue weighted by Gasteiger charge is -2.10. The van der Waals surface area contributed by atoms with Crippen LogP contribution in [0, 0.1) is 0 Å². The third-order valence-corrected chi connectivity index (χ3v) is 2.24. The lowest BCUT2D eigenvalue weighted by Crippen LogP contribution is -2.13. The number of rotatable bonds is 6. The quantitative estimate of drug-likeness (QED) is 0.747. The van der Waals surface area contributed by atoms with Crippen LogP contribution in [0.3, 0.4) is 0 Å². The molecule has 0 saturated heterocycles. The molecule has 2 N–H and O–H groups in total. The molecule has 1 aromatic heterocycles. The zero-order chi connectivity index (χ0) is 13.8. The van der Waals surface area contributed by atoms with E-state index in [0.29, 0.717) is 0 Å². The van der Waals surface area contributed by atoms with Crippen LogP contribution in [0.5, 0.6) is 11.6 Å². The topological polar surface area (TPSA) is 115 Å². The second-order valence-electron chi connectivity index (χ2n) is 3.26. The summed E-state index contributed by atoms with van der Waals surface area (Å²) in [7, 11) is -2.14. The molecule has 0 fully saturated rings. The Bertz CT molecular complexity index is 542. The Morgan fingerprint density at radius 1 is 1.50 bits per heavy atom. The fraction of sp³-hybridized carbons (Fsp3) is 0.333. The monoisotopic (exact) mass is 276 g/mol. The van der Waals surface area contributed by atoms with Gasteiger partial charge in [0, 0.05) is 0 Å². The minimum atomic E-state index is -3.44. The van der Waals surface area contributed by atoms with Crippen LogP contribution in [0.25, 0.3) is 0 Å². The number of aromatic nitrogens is 1. The summed E-state index contributed by atoms with van der Waals surface area (Å²) in [6.45, 7) is -0.545. The average Bonchev–Trinajstić information content (AvgIpc) is 2.24. The average molecular weight is 276 g/mol. The van der Waals surface area contributed by atoms with E-state index in [4.69, 9.17) is 14.6 Å². The summed E-state index contributed by atoms with van der Waals surface area (Å²) in [6, 6.07) is 2.70. The number of pyridine rings is 1. The van der Waals surface area contributed by atoms with Gasteiger partial charge in [-0.3, -0.25) is 4.72 Å². The number of nitrogens with zero attached hydrogens (tertiary/aromatic N) is 1. The van der Waals surface area contributed by atoms with Gasteiger partial charge in [0.15, 0.2) is 12.4 Å². The predicted octanol–water partition coefficient (Wildman–Crippen LogP) is -0.0749. The molecule has 100 valence electrons. The normalized spacial score (nSPS) is 10.8. The van der Waals surface area contributed by atoms with Gasteiger partial charge in [0.1, 0.15) is 5.82 Å². The van der Waals surface area contributed by atoms with Gasteiger partial charge < -0.3 is 14.6 Å². The van der Waals surface area contributed by atoms with Gasteiger partial charge in [-0.2, -0.15) is 4.98 Å². The van der Waals surface area contributed by atoms with Gasteiger partial charge in [-0.25, -0.2) is 13.2 Å². The standard InChI is InChI=1S/C9H12N2O6S/c1-16-9-6(17-5-8(12)13)3-4-7(10-9)11-18(2,14)15/h3-4H,5H2,1-2H3,(H,10,11)(H,12,13). The molecular formula is C9H12N2O6S. The van der Waals surface area contributed by atoms with Crippen LogP contribution in [0.1, 0.15) is 0 Å². The highest BCUT2D eigenvalue weighted by atomic mass is 32.2.